The van der Waals surface area contributed by atoms with Crippen molar-refractivity contribution in [2.24, 2.45) is 5.92 Å². The van der Waals surface area contributed by atoms with E-state index >= 15 is 0 Å². The van der Waals surface area contributed by atoms with Crippen LogP contribution in [-0.2, 0) is 14.3 Å². The molecule has 0 saturated carbocycles. The fraction of sp³-hybridized carbons (Fsp3) is 0.600. The van der Waals surface area contributed by atoms with Gasteiger partial charge in [-0.3, -0.25) is 4.79 Å². The first-order chi connectivity index (χ1) is 4.63. The molecule has 0 amide bonds. The molecule has 0 bridgehead atoms. The maximum Gasteiger partial charge on any atom is 0.333 e. The minimum Gasteiger partial charge on any atom is -0.481 e. The quantitative estimate of drug-likeness (QED) is 0.531. The highest BCUT2D eigenvalue weighted by atomic mass is 16.5. The van der Waals surface area contributed by atoms with Crippen LogP contribution in [0.4, 0.5) is 0 Å². The smallest absolute Gasteiger partial charge is 0.333 e. The third kappa shape index (κ3) is 0.950. The molecule has 0 aromatic heterocycles. The third-order valence-electron chi connectivity index (χ3n) is 1.38. The monoisotopic (exact) mass is 146 g/mol. The Labute approximate surface area is 56.2 Å². The number of hydrogen-bond donors (Lipinski definition) is 2. The summed E-state index contributed by atoms with van der Waals surface area (Å²) in [6, 6.07) is 0. The molecule has 1 saturated heterocycles. The van der Waals surface area contributed by atoms with Crippen LogP contribution in [0.5, 0.6) is 0 Å². The molecule has 2 unspecified atom stereocenters. The summed E-state index contributed by atoms with van der Waals surface area (Å²) in [5, 5.41) is 16.6. The Hall–Kier alpha value is -1.10. The average molecular weight is 146 g/mol. The highest BCUT2D eigenvalue weighted by Crippen LogP contribution is 2.20. The van der Waals surface area contributed by atoms with Crippen LogP contribution in [0.2, 0.25) is 0 Å². The molecule has 1 aliphatic rings. The molecule has 5 heteroatoms. The Morgan fingerprint density at radius 3 is 2.00 bits per heavy atom. The molecule has 56 valence electrons. The fourth-order valence-corrected chi connectivity index (χ4v) is 0.733. The van der Waals surface area contributed by atoms with E-state index < -0.39 is 24.0 Å². The first-order valence-electron chi connectivity index (χ1n) is 2.70. The van der Waals surface area contributed by atoms with Crippen molar-refractivity contribution in [1.29, 1.82) is 0 Å². The lowest BCUT2D eigenvalue weighted by Gasteiger charge is -2.29. The largest absolute Gasteiger partial charge is 0.481 e. The molecule has 0 spiro atoms. The number of hydrogen-bond acceptors (Lipinski definition) is 3. The minimum absolute atomic E-state index is 0.00625. The summed E-state index contributed by atoms with van der Waals surface area (Å²) in [6.07, 6.45) is -1.14. The first-order valence-corrected chi connectivity index (χ1v) is 2.70. The van der Waals surface area contributed by atoms with Crippen molar-refractivity contribution in [3.63, 3.8) is 0 Å². The lowest BCUT2D eigenvalue weighted by molar-refractivity contribution is -0.190. The SMILES string of the molecule is O=C(O)C1COC1C(=O)O. The molecule has 1 heterocycles. The van der Waals surface area contributed by atoms with Gasteiger partial charge in [0.2, 0.25) is 0 Å². The Kier molecular flexibility index (Phi) is 1.58. The van der Waals surface area contributed by atoms with Crippen LogP contribution in [0.15, 0.2) is 0 Å². The van der Waals surface area contributed by atoms with Crippen molar-refractivity contribution in [2.75, 3.05) is 6.61 Å². The van der Waals surface area contributed by atoms with E-state index in [1.54, 1.807) is 0 Å². The molecule has 2 atom stereocenters. The molecule has 2 N–H and O–H groups in total. The van der Waals surface area contributed by atoms with Crippen molar-refractivity contribution < 1.29 is 24.5 Å². The average Bonchev–Trinajstić information content (AvgIpc) is 1.56. The van der Waals surface area contributed by atoms with E-state index in [4.69, 9.17) is 10.2 Å². The molecule has 0 aromatic carbocycles. The van der Waals surface area contributed by atoms with Gasteiger partial charge < -0.3 is 14.9 Å². The van der Waals surface area contributed by atoms with Crippen LogP contribution >= 0.6 is 0 Å². The zero-order chi connectivity index (χ0) is 7.72. The Bertz CT molecular complexity index is 155. The van der Waals surface area contributed by atoms with E-state index in [0.29, 0.717) is 0 Å². The minimum atomic E-state index is -1.21. The van der Waals surface area contributed by atoms with E-state index in [1.165, 1.54) is 0 Å². The van der Waals surface area contributed by atoms with E-state index in [2.05, 4.69) is 4.74 Å². The Balaban J connectivity index is 2.51. The summed E-state index contributed by atoms with van der Waals surface area (Å²) in [6.45, 7) is 0.00625. The van der Waals surface area contributed by atoms with Crippen molar-refractivity contribution >= 4 is 11.9 Å². The molecule has 1 fully saturated rings. The zero-order valence-corrected chi connectivity index (χ0v) is 4.98. The van der Waals surface area contributed by atoms with Gasteiger partial charge in [-0.2, -0.15) is 0 Å². The summed E-state index contributed by atoms with van der Waals surface area (Å²) in [4.78, 5) is 20.3. The Morgan fingerprint density at radius 1 is 1.30 bits per heavy atom. The molecule has 0 radical (unpaired) electrons. The number of carboxylic acids is 2. The second-order valence-electron chi connectivity index (χ2n) is 2.04. The van der Waals surface area contributed by atoms with Gasteiger partial charge in [-0.1, -0.05) is 0 Å². The van der Waals surface area contributed by atoms with Crippen molar-refractivity contribution in [3.05, 3.63) is 0 Å². The molecule has 1 aliphatic heterocycles. The van der Waals surface area contributed by atoms with Crippen molar-refractivity contribution in [1.82, 2.24) is 0 Å². The van der Waals surface area contributed by atoms with Crippen LogP contribution in [0.1, 0.15) is 0 Å². The zero-order valence-electron chi connectivity index (χ0n) is 4.98. The van der Waals surface area contributed by atoms with Gasteiger partial charge in [0.15, 0.2) is 6.10 Å². The summed E-state index contributed by atoms with van der Waals surface area (Å²) in [5.74, 6) is -3.19. The van der Waals surface area contributed by atoms with Gasteiger partial charge in [0.1, 0.15) is 5.92 Å². The van der Waals surface area contributed by atoms with E-state index in [9.17, 15) is 9.59 Å². The van der Waals surface area contributed by atoms with Crippen LogP contribution in [0, 0.1) is 5.92 Å². The lowest BCUT2D eigenvalue weighted by atomic mass is 9.99. The number of carboxylic acid groups (broad SMARTS) is 2. The van der Waals surface area contributed by atoms with Gasteiger partial charge >= 0.3 is 11.9 Å². The predicted octanol–water partition coefficient (Wildman–Crippen LogP) is -0.829. The van der Waals surface area contributed by atoms with Gasteiger partial charge in [-0.25, -0.2) is 4.79 Å². The Morgan fingerprint density at radius 2 is 1.90 bits per heavy atom. The number of aliphatic carboxylic acids is 2. The molecule has 0 aliphatic carbocycles. The highest BCUT2D eigenvalue weighted by molar-refractivity contribution is 5.83. The second-order valence-corrected chi connectivity index (χ2v) is 2.04. The summed E-state index contributed by atoms with van der Waals surface area (Å²) >= 11 is 0. The van der Waals surface area contributed by atoms with Gasteiger partial charge in [-0.15, -0.1) is 0 Å². The fourth-order valence-electron chi connectivity index (χ4n) is 0.733. The number of rotatable bonds is 2. The highest BCUT2D eigenvalue weighted by Gasteiger charge is 2.43. The number of carbonyl (C=O) groups is 2. The summed E-state index contributed by atoms with van der Waals surface area (Å²) < 4.78 is 4.49. The van der Waals surface area contributed by atoms with Crippen LogP contribution in [0.25, 0.3) is 0 Å². The van der Waals surface area contributed by atoms with Crippen molar-refractivity contribution in [2.45, 2.75) is 6.10 Å². The second kappa shape index (κ2) is 2.26. The van der Waals surface area contributed by atoms with Crippen LogP contribution < -0.4 is 0 Å². The third-order valence-corrected chi connectivity index (χ3v) is 1.38. The van der Waals surface area contributed by atoms with Gasteiger partial charge in [0, 0.05) is 0 Å². The standard InChI is InChI=1S/C5H6O5/c6-4(7)2-1-10-3(2)5(8)9/h2-3H,1H2,(H,6,7)(H,8,9). The van der Waals surface area contributed by atoms with Crippen LogP contribution in [0.3, 0.4) is 0 Å². The molecule has 0 aromatic rings. The van der Waals surface area contributed by atoms with Crippen molar-refractivity contribution in [3.8, 4) is 0 Å². The summed E-state index contributed by atoms with van der Waals surface area (Å²) in [7, 11) is 0. The maximum atomic E-state index is 10.2. The van der Waals surface area contributed by atoms with E-state index in [1.807, 2.05) is 0 Å². The van der Waals surface area contributed by atoms with Gasteiger partial charge in [0.25, 0.3) is 0 Å². The maximum absolute atomic E-state index is 10.2. The number of ether oxygens (including phenoxy) is 1. The molecule has 5 nitrogen and oxygen atoms in total. The summed E-state index contributed by atoms with van der Waals surface area (Å²) in [5.41, 5.74) is 0. The van der Waals surface area contributed by atoms with E-state index in [0.717, 1.165) is 0 Å². The van der Waals surface area contributed by atoms with E-state index in [-0.39, 0.29) is 6.61 Å². The molecule has 10 heavy (non-hydrogen) atoms. The topological polar surface area (TPSA) is 83.8 Å². The molecular weight excluding hydrogens is 140 g/mol. The predicted molar refractivity (Wildman–Crippen MR) is 28.5 cm³/mol. The molecule has 1 rings (SSSR count). The first kappa shape index (κ1) is 7.01. The van der Waals surface area contributed by atoms with Gasteiger partial charge in [-0.05, 0) is 0 Å². The molecular formula is C5H6O5. The van der Waals surface area contributed by atoms with Gasteiger partial charge in [0.05, 0.1) is 6.61 Å². The lowest BCUT2D eigenvalue weighted by Crippen LogP contribution is -2.49. The van der Waals surface area contributed by atoms with Crippen LogP contribution in [-0.4, -0.2) is 34.9 Å². The normalized spacial score (nSPS) is 30.8.